The molecule has 19 heavy (non-hydrogen) atoms. The topological polar surface area (TPSA) is 42.4 Å². The quantitative estimate of drug-likeness (QED) is 0.878. The third-order valence-corrected chi connectivity index (χ3v) is 4.52. The third kappa shape index (κ3) is 3.26. The highest BCUT2D eigenvalue weighted by atomic mass is 32.1. The van der Waals surface area contributed by atoms with E-state index < -0.39 is 0 Å². The van der Waals surface area contributed by atoms with Crippen LogP contribution in [-0.2, 0) is 6.54 Å². The second kappa shape index (κ2) is 6.37. The van der Waals surface area contributed by atoms with Gasteiger partial charge in [-0.05, 0) is 37.9 Å². The summed E-state index contributed by atoms with van der Waals surface area (Å²) < 4.78 is 5.37. The van der Waals surface area contributed by atoms with E-state index in [1.807, 2.05) is 13.0 Å². The number of likely N-dealkylation sites (N-methyl/N-ethyl adjacent to an activating group) is 1. The molecule has 0 aliphatic heterocycles. The zero-order chi connectivity index (χ0) is 13.8. The van der Waals surface area contributed by atoms with Crippen LogP contribution >= 0.6 is 11.3 Å². The fourth-order valence-corrected chi connectivity index (χ4v) is 3.35. The van der Waals surface area contributed by atoms with Crippen LogP contribution in [0.4, 0.5) is 0 Å². The molecule has 2 rings (SSSR count). The molecule has 2 N–H and O–H groups in total. The Kier molecular flexibility index (Phi) is 4.80. The molecule has 0 radical (unpaired) electrons. The molecule has 0 aromatic carbocycles. The van der Waals surface area contributed by atoms with Gasteiger partial charge in [-0.3, -0.25) is 4.90 Å². The smallest absolute Gasteiger partial charge is 0.105 e. The fraction of sp³-hybridized carbons (Fsp3) is 0.467. The first-order chi connectivity index (χ1) is 9.13. The molecule has 3 nitrogen and oxygen atoms in total. The average molecular weight is 278 g/mol. The first-order valence-corrected chi connectivity index (χ1v) is 7.53. The van der Waals surface area contributed by atoms with Crippen LogP contribution < -0.4 is 5.73 Å². The lowest BCUT2D eigenvalue weighted by atomic mass is 10.0. The number of aryl methyl sites for hydroxylation is 1. The maximum atomic E-state index is 6.32. The molecule has 0 spiro atoms. The molecule has 2 aromatic rings. The van der Waals surface area contributed by atoms with Gasteiger partial charge < -0.3 is 10.2 Å². The zero-order valence-corrected chi connectivity index (χ0v) is 12.6. The Morgan fingerprint density at radius 3 is 2.74 bits per heavy atom. The van der Waals surface area contributed by atoms with Crippen LogP contribution in [0.25, 0.3) is 0 Å². The van der Waals surface area contributed by atoms with Gasteiger partial charge in [-0.2, -0.15) is 0 Å². The Bertz CT molecular complexity index is 492. The van der Waals surface area contributed by atoms with Crippen molar-refractivity contribution in [2.45, 2.75) is 38.9 Å². The minimum absolute atomic E-state index is 0.149. The highest BCUT2D eigenvalue weighted by molar-refractivity contribution is 7.10. The van der Waals surface area contributed by atoms with Gasteiger partial charge in [0.05, 0.1) is 12.3 Å². The van der Waals surface area contributed by atoms with Gasteiger partial charge in [-0.15, -0.1) is 11.3 Å². The molecule has 0 aliphatic carbocycles. The number of hydrogen-bond acceptors (Lipinski definition) is 4. The lowest BCUT2D eigenvalue weighted by Gasteiger charge is -2.31. The molecule has 0 saturated heterocycles. The first-order valence-electron chi connectivity index (χ1n) is 6.65. The summed E-state index contributed by atoms with van der Waals surface area (Å²) in [6.45, 7) is 5.00. The molecule has 0 aliphatic rings. The normalized spacial score (nSPS) is 14.8. The van der Waals surface area contributed by atoms with E-state index in [9.17, 15) is 0 Å². The van der Waals surface area contributed by atoms with Gasteiger partial charge in [-0.1, -0.05) is 13.0 Å². The summed E-state index contributed by atoms with van der Waals surface area (Å²) in [7, 11) is 2.13. The van der Waals surface area contributed by atoms with E-state index in [1.165, 1.54) is 10.4 Å². The number of nitrogens with zero attached hydrogens (tertiary/aromatic N) is 1. The van der Waals surface area contributed by atoms with Gasteiger partial charge in [0, 0.05) is 23.0 Å². The van der Waals surface area contributed by atoms with Gasteiger partial charge in [0.2, 0.25) is 0 Å². The number of furan rings is 1. The molecular weight excluding hydrogens is 256 g/mol. The van der Waals surface area contributed by atoms with E-state index in [1.54, 1.807) is 17.6 Å². The van der Waals surface area contributed by atoms with E-state index in [0.29, 0.717) is 0 Å². The molecule has 0 saturated carbocycles. The van der Waals surface area contributed by atoms with Crippen LogP contribution in [0.15, 0.2) is 34.3 Å². The molecule has 2 unspecified atom stereocenters. The highest BCUT2D eigenvalue weighted by Gasteiger charge is 2.24. The SMILES string of the molecule is CCC(N)C(c1cccs1)N(C)Cc1ccoc1C. The van der Waals surface area contributed by atoms with Gasteiger partial charge in [0.1, 0.15) is 5.76 Å². The lowest BCUT2D eigenvalue weighted by molar-refractivity contribution is 0.204. The molecule has 104 valence electrons. The molecule has 0 fully saturated rings. The minimum Gasteiger partial charge on any atom is -0.469 e. The summed E-state index contributed by atoms with van der Waals surface area (Å²) in [6.07, 6.45) is 2.72. The van der Waals surface area contributed by atoms with Crippen LogP contribution in [-0.4, -0.2) is 18.0 Å². The van der Waals surface area contributed by atoms with Crippen molar-refractivity contribution in [3.05, 3.63) is 46.0 Å². The molecule has 2 aromatic heterocycles. The van der Waals surface area contributed by atoms with Gasteiger partial charge in [-0.25, -0.2) is 0 Å². The van der Waals surface area contributed by atoms with Crippen molar-refractivity contribution in [3.63, 3.8) is 0 Å². The monoisotopic (exact) mass is 278 g/mol. The second-order valence-corrected chi connectivity index (χ2v) is 5.93. The molecule has 2 atom stereocenters. The Labute approximate surface area is 119 Å². The zero-order valence-electron chi connectivity index (χ0n) is 11.8. The van der Waals surface area contributed by atoms with E-state index in [-0.39, 0.29) is 12.1 Å². The number of rotatable bonds is 6. The molecule has 0 bridgehead atoms. The Hall–Kier alpha value is -1.10. The Balaban J connectivity index is 2.17. The average Bonchev–Trinajstić information content (AvgIpc) is 3.03. The third-order valence-electron chi connectivity index (χ3n) is 3.57. The highest BCUT2D eigenvalue weighted by Crippen LogP contribution is 2.29. The van der Waals surface area contributed by atoms with Crippen molar-refractivity contribution in [3.8, 4) is 0 Å². The number of nitrogens with two attached hydrogens (primary N) is 1. The van der Waals surface area contributed by atoms with Crippen molar-refractivity contribution in [2.24, 2.45) is 5.73 Å². The van der Waals surface area contributed by atoms with Crippen LogP contribution in [0.5, 0.6) is 0 Å². The van der Waals surface area contributed by atoms with Crippen molar-refractivity contribution in [1.29, 1.82) is 0 Å². The van der Waals surface area contributed by atoms with Crippen molar-refractivity contribution in [2.75, 3.05) is 7.05 Å². The standard InChI is InChI=1S/C15H22N2OS/c1-4-13(16)15(14-6-5-9-19-14)17(3)10-12-7-8-18-11(12)2/h5-9,13,15H,4,10,16H2,1-3H3. The number of hydrogen-bond donors (Lipinski definition) is 1. The summed E-state index contributed by atoms with van der Waals surface area (Å²) in [5.74, 6) is 0.988. The largest absolute Gasteiger partial charge is 0.469 e. The molecule has 4 heteroatoms. The first kappa shape index (κ1) is 14.3. The Morgan fingerprint density at radius 2 is 2.21 bits per heavy atom. The van der Waals surface area contributed by atoms with Crippen LogP contribution in [0.2, 0.25) is 0 Å². The maximum Gasteiger partial charge on any atom is 0.105 e. The van der Waals surface area contributed by atoms with E-state index in [0.717, 1.165) is 18.7 Å². The van der Waals surface area contributed by atoms with E-state index >= 15 is 0 Å². The summed E-state index contributed by atoms with van der Waals surface area (Å²) >= 11 is 1.77. The predicted octanol–water partition coefficient (Wildman–Crippen LogP) is 3.56. The van der Waals surface area contributed by atoms with Crippen LogP contribution in [0.1, 0.15) is 35.6 Å². The number of thiophene rings is 1. The van der Waals surface area contributed by atoms with Crippen molar-refractivity contribution >= 4 is 11.3 Å². The summed E-state index contributed by atoms with van der Waals surface area (Å²) in [5, 5.41) is 2.11. The van der Waals surface area contributed by atoms with Crippen LogP contribution in [0, 0.1) is 6.92 Å². The molecule has 0 amide bonds. The predicted molar refractivity (Wildman–Crippen MR) is 80.2 cm³/mol. The molecular formula is C15H22N2OS. The van der Waals surface area contributed by atoms with Crippen molar-refractivity contribution in [1.82, 2.24) is 4.90 Å². The van der Waals surface area contributed by atoms with Gasteiger partial charge in [0.25, 0.3) is 0 Å². The second-order valence-electron chi connectivity index (χ2n) is 4.95. The summed E-state index contributed by atoms with van der Waals surface area (Å²) in [4.78, 5) is 3.65. The van der Waals surface area contributed by atoms with E-state index in [2.05, 4.69) is 36.4 Å². The summed E-state index contributed by atoms with van der Waals surface area (Å²) in [5.41, 5.74) is 7.55. The summed E-state index contributed by atoms with van der Waals surface area (Å²) in [6, 6.07) is 6.71. The lowest BCUT2D eigenvalue weighted by Crippen LogP contribution is -2.38. The maximum absolute atomic E-state index is 6.32. The Morgan fingerprint density at radius 1 is 1.42 bits per heavy atom. The molecule has 2 heterocycles. The minimum atomic E-state index is 0.149. The van der Waals surface area contributed by atoms with E-state index in [4.69, 9.17) is 10.2 Å². The fourth-order valence-electron chi connectivity index (χ4n) is 2.38. The van der Waals surface area contributed by atoms with Crippen molar-refractivity contribution < 1.29 is 4.42 Å². The van der Waals surface area contributed by atoms with Crippen LogP contribution in [0.3, 0.4) is 0 Å². The van der Waals surface area contributed by atoms with Gasteiger partial charge >= 0.3 is 0 Å². The van der Waals surface area contributed by atoms with Gasteiger partial charge in [0.15, 0.2) is 0 Å².